The Morgan fingerprint density at radius 2 is 1.68 bits per heavy atom. The Labute approximate surface area is 236 Å². The van der Waals surface area contributed by atoms with Crippen molar-refractivity contribution in [1.82, 2.24) is 4.90 Å². The quantitative estimate of drug-likeness (QED) is 0.326. The summed E-state index contributed by atoms with van der Waals surface area (Å²) in [5.74, 6) is -0.658. The summed E-state index contributed by atoms with van der Waals surface area (Å²) < 4.78 is 11.1. The molecule has 3 aromatic carbocycles. The Kier molecular flexibility index (Phi) is 9.23. The molecule has 0 aromatic heterocycles. The van der Waals surface area contributed by atoms with Crippen LogP contribution in [0.1, 0.15) is 23.6 Å². The number of methoxy groups -OCH3 is 1. The fourth-order valence-corrected chi connectivity index (χ4v) is 4.75. The van der Waals surface area contributed by atoms with Gasteiger partial charge in [0.1, 0.15) is 6.54 Å². The number of nitrogens with zero attached hydrogens (tertiary/aromatic N) is 1. The maximum absolute atomic E-state index is 12.9. The number of ether oxygens (including phenoxy) is 2. The zero-order chi connectivity index (χ0) is 28.6. The van der Waals surface area contributed by atoms with Gasteiger partial charge in [-0.2, -0.15) is 0 Å². The molecule has 206 valence electrons. The van der Waals surface area contributed by atoms with Gasteiger partial charge in [-0.3, -0.25) is 24.1 Å². The highest BCUT2D eigenvalue weighted by molar-refractivity contribution is 8.18. The molecule has 0 unspecified atom stereocenters. The average molecular weight is 560 g/mol. The Bertz CT molecular complexity index is 1470. The summed E-state index contributed by atoms with van der Waals surface area (Å²) in [5, 5.41) is 4.96. The lowest BCUT2D eigenvalue weighted by Gasteiger charge is -2.13. The summed E-state index contributed by atoms with van der Waals surface area (Å²) >= 11 is 0.756. The fraction of sp³-hybridized carbons (Fsp3) is 0.200. The second kappa shape index (κ2) is 13.0. The minimum Gasteiger partial charge on any atom is -0.493 e. The fourth-order valence-electron chi connectivity index (χ4n) is 3.91. The largest absolute Gasteiger partial charge is 0.493 e. The number of aryl methyl sites for hydroxylation is 2. The minimum absolute atomic E-state index is 0.178. The van der Waals surface area contributed by atoms with Crippen LogP contribution in [0.2, 0.25) is 0 Å². The molecular formula is C30H29N3O6S. The molecule has 1 saturated heterocycles. The maximum atomic E-state index is 12.9. The van der Waals surface area contributed by atoms with E-state index in [1.807, 2.05) is 37.3 Å². The average Bonchev–Trinajstić information content (AvgIpc) is 3.19. The predicted octanol–water partition coefficient (Wildman–Crippen LogP) is 5.26. The maximum Gasteiger partial charge on any atom is 0.294 e. The van der Waals surface area contributed by atoms with Crippen molar-refractivity contribution in [3.63, 3.8) is 0 Å². The summed E-state index contributed by atoms with van der Waals surface area (Å²) in [6, 6.07) is 19.7. The third-order valence-corrected chi connectivity index (χ3v) is 6.87. The highest BCUT2D eigenvalue weighted by Gasteiger charge is 2.36. The van der Waals surface area contributed by atoms with E-state index in [0.717, 1.165) is 28.6 Å². The Balaban J connectivity index is 1.36. The van der Waals surface area contributed by atoms with Crippen LogP contribution in [0.5, 0.6) is 11.5 Å². The van der Waals surface area contributed by atoms with Crippen LogP contribution >= 0.6 is 11.8 Å². The molecule has 10 heteroatoms. The first kappa shape index (κ1) is 28.4. The van der Waals surface area contributed by atoms with E-state index in [9.17, 15) is 19.2 Å². The van der Waals surface area contributed by atoms with Gasteiger partial charge in [-0.25, -0.2) is 0 Å². The molecule has 1 fully saturated rings. The van der Waals surface area contributed by atoms with E-state index in [1.54, 1.807) is 42.5 Å². The number of nitrogens with one attached hydrogen (secondary N) is 2. The molecule has 1 aliphatic heterocycles. The van der Waals surface area contributed by atoms with Crippen molar-refractivity contribution in [2.24, 2.45) is 0 Å². The number of thioether (sulfide) groups is 1. The molecule has 3 aromatic rings. The summed E-state index contributed by atoms with van der Waals surface area (Å²) in [4.78, 5) is 51.2. The van der Waals surface area contributed by atoms with E-state index >= 15 is 0 Å². The van der Waals surface area contributed by atoms with Gasteiger partial charge in [0.25, 0.3) is 17.1 Å². The third-order valence-electron chi connectivity index (χ3n) is 5.97. The monoisotopic (exact) mass is 559 g/mol. The number of anilines is 2. The van der Waals surface area contributed by atoms with Crippen molar-refractivity contribution >= 4 is 52.2 Å². The van der Waals surface area contributed by atoms with Crippen molar-refractivity contribution in [2.45, 2.75) is 20.3 Å². The molecule has 0 aliphatic carbocycles. The second-order valence-corrected chi connectivity index (χ2v) is 9.98. The first-order valence-corrected chi connectivity index (χ1v) is 13.4. The Morgan fingerprint density at radius 1 is 0.925 bits per heavy atom. The molecule has 0 atom stereocenters. The zero-order valence-corrected chi connectivity index (χ0v) is 23.2. The molecule has 1 aliphatic rings. The van der Waals surface area contributed by atoms with Crippen LogP contribution in [0.4, 0.5) is 16.2 Å². The van der Waals surface area contributed by atoms with Gasteiger partial charge in [0.2, 0.25) is 5.91 Å². The summed E-state index contributed by atoms with van der Waals surface area (Å²) in [5.41, 5.74) is 3.99. The van der Waals surface area contributed by atoms with E-state index in [0.29, 0.717) is 28.4 Å². The summed E-state index contributed by atoms with van der Waals surface area (Å²) in [7, 11) is 1.46. The highest BCUT2D eigenvalue weighted by Crippen LogP contribution is 2.34. The summed E-state index contributed by atoms with van der Waals surface area (Å²) in [6.45, 7) is 3.34. The standard InChI is InChI=1S/C30H29N3O6S/c1-4-20-8-11-22(12-9-20)31-28(35)18-39-24-13-10-21(15-25(24)38-3)16-26-29(36)33(30(37)40-26)17-27(34)32-23-7-5-6-19(2)14-23/h5-16H,4,17-18H2,1-3H3,(H,31,35)(H,32,34)/b26-16-. The molecule has 0 saturated carbocycles. The number of carbonyl (C=O) groups is 4. The van der Waals surface area contributed by atoms with Crippen molar-refractivity contribution in [3.8, 4) is 11.5 Å². The number of carbonyl (C=O) groups excluding carboxylic acids is 4. The topological polar surface area (TPSA) is 114 Å². The molecule has 9 nitrogen and oxygen atoms in total. The molecule has 0 spiro atoms. The third kappa shape index (κ3) is 7.29. The van der Waals surface area contributed by atoms with E-state index in [-0.39, 0.29) is 17.4 Å². The number of hydrogen-bond acceptors (Lipinski definition) is 7. The second-order valence-electron chi connectivity index (χ2n) is 8.98. The molecule has 40 heavy (non-hydrogen) atoms. The van der Waals surface area contributed by atoms with Gasteiger partial charge in [-0.15, -0.1) is 0 Å². The highest BCUT2D eigenvalue weighted by atomic mass is 32.2. The first-order valence-electron chi connectivity index (χ1n) is 12.6. The Morgan fingerprint density at radius 3 is 2.38 bits per heavy atom. The molecule has 4 amide bonds. The number of hydrogen-bond donors (Lipinski definition) is 2. The minimum atomic E-state index is -0.558. The number of benzene rings is 3. The van der Waals surface area contributed by atoms with Gasteiger partial charge >= 0.3 is 0 Å². The molecule has 0 radical (unpaired) electrons. The van der Waals surface area contributed by atoms with Gasteiger partial charge in [0, 0.05) is 11.4 Å². The van der Waals surface area contributed by atoms with Crippen molar-refractivity contribution in [3.05, 3.63) is 88.3 Å². The van der Waals surface area contributed by atoms with Crippen molar-refractivity contribution in [2.75, 3.05) is 30.9 Å². The van der Waals surface area contributed by atoms with Gasteiger partial charge in [-0.05, 0) is 84.3 Å². The lowest BCUT2D eigenvalue weighted by Crippen LogP contribution is -2.36. The van der Waals surface area contributed by atoms with E-state index < -0.39 is 23.6 Å². The van der Waals surface area contributed by atoms with Crippen LogP contribution in [0.15, 0.2) is 71.6 Å². The number of imide groups is 1. The number of rotatable bonds is 10. The Hall–Kier alpha value is -4.57. The molecule has 2 N–H and O–H groups in total. The van der Waals surface area contributed by atoms with Crippen LogP contribution in [0.25, 0.3) is 6.08 Å². The molecular weight excluding hydrogens is 530 g/mol. The number of amides is 4. The van der Waals surface area contributed by atoms with Crippen molar-refractivity contribution < 1.29 is 28.7 Å². The molecule has 4 rings (SSSR count). The van der Waals surface area contributed by atoms with Crippen LogP contribution < -0.4 is 20.1 Å². The van der Waals surface area contributed by atoms with E-state index in [2.05, 4.69) is 17.6 Å². The van der Waals surface area contributed by atoms with Gasteiger partial charge in [0.15, 0.2) is 18.1 Å². The van der Waals surface area contributed by atoms with Crippen molar-refractivity contribution in [1.29, 1.82) is 0 Å². The predicted molar refractivity (Wildman–Crippen MR) is 155 cm³/mol. The van der Waals surface area contributed by atoms with Crippen LogP contribution in [0, 0.1) is 6.92 Å². The lowest BCUT2D eigenvalue weighted by atomic mass is 10.1. The smallest absolute Gasteiger partial charge is 0.294 e. The molecule has 0 bridgehead atoms. The van der Waals surface area contributed by atoms with Crippen LogP contribution in [-0.2, 0) is 20.8 Å². The summed E-state index contributed by atoms with van der Waals surface area (Å²) in [6.07, 6.45) is 2.46. The first-order chi connectivity index (χ1) is 19.2. The van der Waals surface area contributed by atoms with Gasteiger partial charge < -0.3 is 20.1 Å². The van der Waals surface area contributed by atoms with E-state index in [4.69, 9.17) is 9.47 Å². The van der Waals surface area contributed by atoms with E-state index in [1.165, 1.54) is 12.7 Å². The van der Waals surface area contributed by atoms with Crippen LogP contribution in [0.3, 0.4) is 0 Å². The van der Waals surface area contributed by atoms with Gasteiger partial charge in [-0.1, -0.05) is 37.3 Å². The lowest BCUT2D eigenvalue weighted by molar-refractivity contribution is -0.127. The van der Waals surface area contributed by atoms with Crippen LogP contribution in [-0.4, -0.2) is 48.1 Å². The molecule has 1 heterocycles. The van der Waals surface area contributed by atoms with Gasteiger partial charge in [0.05, 0.1) is 12.0 Å². The zero-order valence-electron chi connectivity index (χ0n) is 22.4. The SMILES string of the molecule is CCc1ccc(NC(=O)COc2ccc(/C=C3\SC(=O)N(CC(=O)Nc4cccc(C)c4)C3=O)cc2OC)cc1. The normalized spacial score (nSPS) is 13.9.